The average Bonchev–Trinajstić information content (AvgIpc) is 2.57. The molecule has 0 spiro atoms. The minimum atomic E-state index is -0.0215. The van der Waals surface area contributed by atoms with E-state index in [1.807, 2.05) is 24.3 Å². The lowest BCUT2D eigenvalue weighted by Crippen LogP contribution is -2.40. The minimum Gasteiger partial charge on any atom is -0.492 e. The summed E-state index contributed by atoms with van der Waals surface area (Å²) in [5, 5.41) is 2.24. The van der Waals surface area contributed by atoms with Crippen LogP contribution in [0.15, 0.2) is 36.4 Å². The van der Waals surface area contributed by atoms with E-state index >= 15 is 0 Å². The third-order valence-corrected chi connectivity index (χ3v) is 4.85. The molecule has 1 atom stereocenters. The van der Waals surface area contributed by atoms with Gasteiger partial charge in [-0.25, -0.2) is 0 Å². The number of benzene rings is 2. The summed E-state index contributed by atoms with van der Waals surface area (Å²) in [6.07, 6.45) is 3.83. The van der Waals surface area contributed by atoms with Gasteiger partial charge in [-0.15, -0.1) is 0 Å². The third-order valence-electron chi connectivity index (χ3n) is 4.85. The van der Waals surface area contributed by atoms with Gasteiger partial charge in [0.25, 0.3) is 0 Å². The molecule has 1 saturated heterocycles. The Hall–Kier alpha value is -1.87. The van der Waals surface area contributed by atoms with Crippen molar-refractivity contribution in [2.75, 3.05) is 26.2 Å². The molecule has 0 aromatic heterocycles. The van der Waals surface area contributed by atoms with Crippen molar-refractivity contribution in [3.63, 3.8) is 0 Å². The van der Waals surface area contributed by atoms with Crippen molar-refractivity contribution in [1.29, 1.82) is 0 Å². The van der Waals surface area contributed by atoms with E-state index in [4.69, 9.17) is 4.74 Å². The van der Waals surface area contributed by atoms with Gasteiger partial charge in [-0.1, -0.05) is 30.7 Å². The highest BCUT2D eigenvalue weighted by Gasteiger charge is 2.30. The summed E-state index contributed by atoms with van der Waals surface area (Å²) in [5.41, 5.74) is 0.756. The number of nitrogens with zero attached hydrogens (tertiary/aromatic N) is 1. The maximum Gasteiger partial charge on any atom is 0.174 e. The van der Waals surface area contributed by atoms with E-state index in [-0.39, 0.29) is 11.7 Å². The van der Waals surface area contributed by atoms with Crippen LogP contribution in [0.4, 0.5) is 0 Å². The molecule has 4 rings (SSSR count). The predicted molar refractivity (Wildman–Crippen MR) is 87.6 cm³/mol. The molecule has 114 valence electrons. The second kappa shape index (κ2) is 5.73. The Balaban J connectivity index is 1.60. The molecule has 0 radical (unpaired) electrons. The number of hydrogen-bond donors (Lipinski definition) is 0. The highest BCUT2D eigenvalue weighted by Crippen LogP contribution is 2.32. The van der Waals surface area contributed by atoms with Crippen LogP contribution in [0.2, 0.25) is 0 Å². The lowest BCUT2D eigenvalue weighted by molar-refractivity contribution is 0.0752. The summed E-state index contributed by atoms with van der Waals surface area (Å²) in [6, 6.07) is 12.1. The van der Waals surface area contributed by atoms with Crippen LogP contribution in [-0.2, 0) is 0 Å². The molecule has 0 amide bonds. The SMILES string of the molecule is O=C1c2cc3ccccc3cc2OCC1CN1CCCCC1. The Labute approximate surface area is 130 Å². The van der Waals surface area contributed by atoms with Gasteiger partial charge in [0.1, 0.15) is 5.75 Å². The highest BCUT2D eigenvalue weighted by atomic mass is 16.5. The Kier molecular flexibility index (Phi) is 3.59. The monoisotopic (exact) mass is 295 g/mol. The van der Waals surface area contributed by atoms with Gasteiger partial charge in [-0.2, -0.15) is 0 Å². The number of carbonyl (C=O) groups is 1. The number of piperidine rings is 1. The normalized spacial score (nSPS) is 22.4. The number of hydrogen-bond acceptors (Lipinski definition) is 3. The zero-order chi connectivity index (χ0) is 14.9. The zero-order valence-corrected chi connectivity index (χ0v) is 12.8. The van der Waals surface area contributed by atoms with E-state index in [2.05, 4.69) is 17.0 Å². The first-order valence-corrected chi connectivity index (χ1v) is 8.23. The molecule has 2 aliphatic heterocycles. The molecule has 1 fully saturated rings. The Morgan fingerprint density at radius 2 is 1.77 bits per heavy atom. The van der Waals surface area contributed by atoms with Crippen LogP contribution >= 0.6 is 0 Å². The number of ketones is 1. The van der Waals surface area contributed by atoms with Crippen molar-refractivity contribution in [1.82, 2.24) is 4.90 Å². The fourth-order valence-electron chi connectivity index (χ4n) is 3.61. The zero-order valence-electron chi connectivity index (χ0n) is 12.8. The van der Waals surface area contributed by atoms with Crippen LogP contribution in [0, 0.1) is 5.92 Å². The summed E-state index contributed by atoms with van der Waals surface area (Å²) >= 11 is 0. The second-order valence-corrected chi connectivity index (χ2v) is 6.43. The van der Waals surface area contributed by atoms with Crippen LogP contribution in [0.5, 0.6) is 5.75 Å². The molecule has 0 aliphatic carbocycles. The minimum absolute atomic E-state index is 0.0215. The molecule has 0 bridgehead atoms. The quantitative estimate of drug-likeness (QED) is 0.849. The van der Waals surface area contributed by atoms with Gasteiger partial charge in [-0.05, 0) is 48.8 Å². The summed E-state index contributed by atoms with van der Waals surface area (Å²) in [6.45, 7) is 3.59. The van der Waals surface area contributed by atoms with E-state index in [1.54, 1.807) is 0 Å². The first-order chi connectivity index (χ1) is 10.8. The van der Waals surface area contributed by atoms with Crippen LogP contribution in [0.1, 0.15) is 29.6 Å². The largest absolute Gasteiger partial charge is 0.492 e. The molecule has 0 saturated carbocycles. The molecule has 0 N–H and O–H groups in total. The number of Topliss-reactive ketones (excluding diaryl/α,β-unsaturated/α-hetero) is 1. The number of fused-ring (bicyclic) bond motifs is 2. The summed E-state index contributed by atoms with van der Waals surface area (Å²) in [4.78, 5) is 15.2. The maximum atomic E-state index is 12.8. The highest BCUT2D eigenvalue weighted by molar-refractivity contribution is 6.05. The topological polar surface area (TPSA) is 29.5 Å². The van der Waals surface area contributed by atoms with Gasteiger partial charge in [0, 0.05) is 6.54 Å². The number of rotatable bonds is 2. The summed E-state index contributed by atoms with van der Waals surface area (Å²) in [5.74, 6) is 0.975. The van der Waals surface area contributed by atoms with Gasteiger partial charge in [0.15, 0.2) is 5.78 Å². The van der Waals surface area contributed by atoms with Gasteiger partial charge >= 0.3 is 0 Å². The summed E-state index contributed by atoms with van der Waals surface area (Å²) in [7, 11) is 0. The first kappa shape index (κ1) is 13.8. The van der Waals surface area contributed by atoms with Crippen LogP contribution < -0.4 is 4.74 Å². The van der Waals surface area contributed by atoms with E-state index in [0.717, 1.165) is 41.7 Å². The number of carbonyl (C=O) groups excluding carboxylic acids is 1. The van der Waals surface area contributed by atoms with Crippen molar-refractivity contribution in [3.8, 4) is 5.75 Å². The number of likely N-dealkylation sites (tertiary alicyclic amines) is 1. The van der Waals surface area contributed by atoms with Crippen LogP contribution in [0.3, 0.4) is 0 Å². The lowest BCUT2D eigenvalue weighted by atomic mass is 9.92. The van der Waals surface area contributed by atoms with Crippen molar-refractivity contribution in [2.24, 2.45) is 5.92 Å². The Bertz CT molecular complexity index is 704. The van der Waals surface area contributed by atoms with Crippen LogP contribution in [-0.4, -0.2) is 36.9 Å². The van der Waals surface area contributed by atoms with E-state index < -0.39 is 0 Å². The van der Waals surface area contributed by atoms with E-state index in [1.165, 1.54) is 19.3 Å². The lowest BCUT2D eigenvalue weighted by Gasteiger charge is -2.32. The molecular formula is C19H21NO2. The second-order valence-electron chi connectivity index (χ2n) is 6.43. The molecule has 3 heteroatoms. The van der Waals surface area contributed by atoms with E-state index in [9.17, 15) is 4.79 Å². The smallest absolute Gasteiger partial charge is 0.174 e. The third kappa shape index (κ3) is 2.50. The predicted octanol–water partition coefficient (Wildman–Crippen LogP) is 3.52. The van der Waals surface area contributed by atoms with Crippen molar-refractivity contribution >= 4 is 16.6 Å². The Morgan fingerprint density at radius 3 is 2.55 bits per heavy atom. The molecule has 1 unspecified atom stereocenters. The molecule has 22 heavy (non-hydrogen) atoms. The number of ether oxygens (including phenoxy) is 1. The van der Waals surface area contributed by atoms with Gasteiger partial charge in [-0.3, -0.25) is 4.79 Å². The maximum absolute atomic E-state index is 12.8. The fourth-order valence-corrected chi connectivity index (χ4v) is 3.61. The standard InChI is InChI=1S/C19H21NO2/c21-19-16(12-20-8-4-1-5-9-20)13-22-18-11-15-7-3-2-6-14(15)10-17(18)19/h2-3,6-7,10-11,16H,1,4-5,8-9,12-13H2. The molecular weight excluding hydrogens is 274 g/mol. The van der Waals surface area contributed by atoms with Crippen molar-refractivity contribution in [2.45, 2.75) is 19.3 Å². The summed E-state index contributed by atoms with van der Waals surface area (Å²) < 4.78 is 5.91. The molecule has 2 aromatic carbocycles. The molecule has 2 aliphatic rings. The van der Waals surface area contributed by atoms with E-state index in [0.29, 0.717) is 6.61 Å². The van der Waals surface area contributed by atoms with Gasteiger partial charge in [0.2, 0.25) is 0 Å². The van der Waals surface area contributed by atoms with Crippen molar-refractivity contribution in [3.05, 3.63) is 42.0 Å². The molecule has 2 aromatic rings. The van der Waals surface area contributed by atoms with Crippen molar-refractivity contribution < 1.29 is 9.53 Å². The van der Waals surface area contributed by atoms with Gasteiger partial charge in [0.05, 0.1) is 18.1 Å². The molecule has 2 heterocycles. The van der Waals surface area contributed by atoms with Crippen LogP contribution in [0.25, 0.3) is 10.8 Å². The molecule has 3 nitrogen and oxygen atoms in total. The fraction of sp³-hybridized carbons (Fsp3) is 0.421. The first-order valence-electron chi connectivity index (χ1n) is 8.23. The van der Waals surface area contributed by atoms with Gasteiger partial charge < -0.3 is 9.64 Å². The average molecular weight is 295 g/mol. The Morgan fingerprint density at radius 1 is 1.05 bits per heavy atom.